The van der Waals surface area contributed by atoms with E-state index in [9.17, 15) is 0 Å². The summed E-state index contributed by atoms with van der Waals surface area (Å²) in [6, 6.07) is 5.37. The summed E-state index contributed by atoms with van der Waals surface area (Å²) in [7, 11) is 3.38. The van der Waals surface area contributed by atoms with Gasteiger partial charge in [0, 0.05) is 24.5 Å². The predicted molar refractivity (Wildman–Crippen MR) is 71.1 cm³/mol. The number of ether oxygens (including phenoxy) is 1. The van der Waals surface area contributed by atoms with Crippen molar-refractivity contribution in [3.05, 3.63) is 28.2 Å². The van der Waals surface area contributed by atoms with Gasteiger partial charge in [0.15, 0.2) is 0 Å². The molecule has 0 aromatic heterocycles. The summed E-state index contributed by atoms with van der Waals surface area (Å²) < 4.78 is 5.89. The van der Waals surface area contributed by atoms with Gasteiger partial charge in [0.05, 0.1) is 17.3 Å². The molecule has 0 bridgehead atoms. The van der Waals surface area contributed by atoms with Gasteiger partial charge in [0.2, 0.25) is 0 Å². The highest BCUT2D eigenvalue weighted by Gasteiger charge is 2.10. The van der Waals surface area contributed by atoms with Gasteiger partial charge < -0.3 is 21.2 Å². The maximum Gasteiger partial charge on any atom is 0.128 e. The minimum absolute atomic E-state index is 0.638. The van der Waals surface area contributed by atoms with Gasteiger partial charge in [-0.1, -0.05) is 0 Å². The fourth-order valence-electron chi connectivity index (χ4n) is 1.38. The number of methoxy groups -OCH3 is 1. The van der Waals surface area contributed by atoms with Gasteiger partial charge in [-0.05, 0) is 34.1 Å². The van der Waals surface area contributed by atoms with Crippen molar-refractivity contribution >= 4 is 33.5 Å². The molecule has 0 spiro atoms. The topological polar surface area (TPSA) is 71.1 Å². The Morgan fingerprint density at radius 2 is 2.25 bits per heavy atom. The van der Waals surface area contributed by atoms with Crippen molar-refractivity contribution in [1.29, 1.82) is 5.41 Å². The maximum absolute atomic E-state index is 7.23. The van der Waals surface area contributed by atoms with Crippen LogP contribution >= 0.6 is 15.9 Å². The summed E-state index contributed by atoms with van der Waals surface area (Å²) in [5.41, 5.74) is 7.97. The van der Waals surface area contributed by atoms with Crippen LogP contribution in [0.5, 0.6) is 5.75 Å². The van der Waals surface area contributed by atoms with Crippen LogP contribution in [0.3, 0.4) is 0 Å². The van der Waals surface area contributed by atoms with Crippen molar-refractivity contribution in [1.82, 2.24) is 5.32 Å². The van der Waals surface area contributed by atoms with Gasteiger partial charge >= 0.3 is 0 Å². The van der Waals surface area contributed by atoms with Gasteiger partial charge in [-0.15, -0.1) is 0 Å². The van der Waals surface area contributed by atoms with E-state index in [1.54, 1.807) is 32.4 Å². The number of hydrogen-bond acceptors (Lipinski definition) is 4. The molecule has 0 atom stereocenters. The highest BCUT2D eigenvalue weighted by Crippen LogP contribution is 2.29. The summed E-state index contributed by atoms with van der Waals surface area (Å²) in [5, 5.41) is 10.2. The lowest BCUT2D eigenvalue weighted by atomic mass is 10.1. The normalized spacial score (nSPS) is 11.7. The van der Waals surface area contributed by atoms with Crippen LogP contribution in [0.15, 0.2) is 22.7 Å². The number of rotatable bonds is 4. The number of halogens is 1. The number of allylic oxidation sites excluding steroid dienone is 1. The smallest absolute Gasteiger partial charge is 0.128 e. The molecule has 0 saturated carbocycles. The van der Waals surface area contributed by atoms with Gasteiger partial charge in [-0.2, -0.15) is 0 Å². The fourth-order valence-corrected chi connectivity index (χ4v) is 1.79. The molecule has 86 valence electrons. The van der Waals surface area contributed by atoms with E-state index in [2.05, 4.69) is 21.2 Å². The van der Waals surface area contributed by atoms with E-state index < -0.39 is 0 Å². The van der Waals surface area contributed by atoms with Crippen molar-refractivity contribution in [3.8, 4) is 5.75 Å². The van der Waals surface area contributed by atoms with Crippen LogP contribution in [0.2, 0.25) is 0 Å². The molecule has 0 fully saturated rings. The van der Waals surface area contributed by atoms with Gasteiger partial charge in [0.25, 0.3) is 0 Å². The number of nitrogen functional groups attached to an aromatic ring is 1. The Kier molecular flexibility index (Phi) is 4.37. The molecule has 1 aromatic rings. The van der Waals surface area contributed by atoms with Gasteiger partial charge in [-0.25, -0.2) is 0 Å². The molecule has 0 aliphatic carbocycles. The minimum atomic E-state index is 0.638. The fraction of sp³-hybridized carbons (Fsp3) is 0.182. The standard InChI is InChI=1S/C11H14BrN3O/c1-15-11(9(12)6-13)8-5-7(14)3-4-10(8)16-2/h3-6,13,15H,14H2,1-2H3/b11-9+,13-6?. The highest BCUT2D eigenvalue weighted by molar-refractivity contribution is 9.12. The molecule has 0 aliphatic heterocycles. The second-order valence-electron chi connectivity index (χ2n) is 3.08. The lowest BCUT2D eigenvalue weighted by molar-refractivity contribution is 0.413. The Labute approximate surface area is 103 Å². The molecule has 0 aliphatic rings. The maximum atomic E-state index is 7.23. The molecule has 0 amide bonds. The summed E-state index contributed by atoms with van der Waals surface area (Å²) in [5.74, 6) is 0.706. The molecule has 0 heterocycles. The zero-order valence-electron chi connectivity index (χ0n) is 9.17. The third kappa shape index (κ3) is 2.55. The van der Waals surface area contributed by atoms with Crippen LogP contribution in [0.4, 0.5) is 5.69 Å². The first kappa shape index (κ1) is 12.6. The van der Waals surface area contributed by atoms with Crippen molar-refractivity contribution in [3.63, 3.8) is 0 Å². The first-order valence-electron chi connectivity index (χ1n) is 4.66. The third-order valence-corrected chi connectivity index (χ3v) is 2.73. The Hall–Kier alpha value is -1.49. The molecule has 1 rings (SSSR count). The molecular formula is C11H14BrN3O. The second kappa shape index (κ2) is 5.55. The number of nitrogens with two attached hydrogens (primary N) is 1. The molecular weight excluding hydrogens is 270 g/mol. The SMILES string of the molecule is CN/C(=C(/Br)C=N)c1cc(N)ccc1OC. The van der Waals surface area contributed by atoms with Gasteiger partial charge in [0.1, 0.15) is 5.75 Å². The van der Waals surface area contributed by atoms with E-state index in [-0.39, 0.29) is 0 Å². The van der Waals surface area contributed by atoms with E-state index >= 15 is 0 Å². The van der Waals surface area contributed by atoms with Crippen molar-refractivity contribution < 1.29 is 4.74 Å². The second-order valence-corrected chi connectivity index (χ2v) is 3.93. The predicted octanol–water partition coefficient (Wildman–Crippen LogP) is 2.21. The molecule has 16 heavy (non-hydrogen) atoms. The summed E-state index contributed by atoms with van der Waals surface area (Å²) in [6.45, 7) is 0. The number of anilines is 1. The Bertz CT molecular complexity index is 429. The van der Waals surface area contributed by atoms with Crippen LogP contribution in [0, 0.1) is 5.41 Å². The first-order valence-corrected chi connectivity index (χ1v) is 5.45. The summed E-state index contributed by atoms with van der Waals surface area (Å²) in [4.78, 5) is 0. The zero-order chi connectivity index (χ0) is 12.1. The van der Waals surface area contributed by atoms with Crippen LogP contribution in [0.25, 0.3) is 5.70 Å². The third-order valence-electron chi connectivity index (χ3n) is 2.11. The van der Waals surface area contributed by atoms with Crippen LogP contribution in [-0.4, -0.2) is 20.4 Å². The zero-order valence-corrected chi connectivity index (χ0v) is 10.8. The molecule has 0 unspecified atom stereocenters. The molecule has 0 radical (unpaired) electrons. The van der Waals surface area contributed by atoms with Crippen LogP contribution < -0.4 is 15.8 Å². The molecule has 1 aromatic carbocycles. The lowest BCUT2D eigenvalue weighted by Crippen LogP contribution is -2.08. The number of nitrogens with one attached hydrogen (secondary N) is 2. The summed E-state index contributed by atoms with van der Waals surface area (Å²) in [6.07, 6.45) is 1.22. The van der Waals surface area contributed by atoms with E-state index in [4.69, 9.17) is 15.9 Å². The molecule has 5 heteroatoms. The van der Waals surface area contributed by atoms with E-state index in [1.165, 1.54) is 6.21 Å². The average Bonchev–Trinajstić information content (AvgIpc) is 2.30. The van der Waals surface area contributed by atoms with Crippen molar-refractivity contribution in [2.24, 2.45) is 0 Å². The molecule has 0 saturated heterocycles. The molecule has 4 N–H and O–H groups in total. The minimum Gasteiger partial charge on any atom is -0.496 e. The monoisotopic (exact) mass is 283 g/mol. The van der Waals surface area contributed by atoms with Crippen LogP contribution in [0.1, 0.15) is 5.56 Å². The van der Waals surface area contributed by atoms with Crippen molar-refractivity contribution in [2.45, 2.75) is 0 Å². The van der Waals surface area contributed by atoms with E-state index in [0.717, 1.165) is 11.3 Å². The van der Waals surface area contributed by atoms with E-state index in [0.29, 0.717) is 15.9 Å². The average molecular weight is 284 g/mol. The van der Waals surface area contributed by atoms with Gasteiger partial charge in [-0.3, -0.25) is 0 Å². The molecule has 4 nitrogen and oxygen atoms in total. The Morgan fingerprint density at radius 3 is 2.75 bits per heavy atom. The lowest BCUT2D eigenvalue weighted by Gasteiger charge is -2.13. The first-order chi connectivity index (χ1) is 7.63. The largest absolute Gasteiger partial charge is 0.496 e. The number of hydrogen-bond donors (Lipinski definition) is 3. The van der Waals surface area contributed by atoms with E-state index in [1.807, 2.05) is 0 Å². The Morgan fingerprint density at radius 1 is 1.56 bits per heavy atom. The quantitative estimate of drug-likeness (QED) is 0.586. The van der Waals surface area contributed by atoms with Crippen LogP contribution in [-0.2, 0) is 0 Å². The van der Waals surface area contributed by atoms with Crippen molar-refractivity contribution in [2.75, 3.05) is 19.9 Å². The highest BCUT2D eigenvalue weighted by atomic mass is 79.9. The summed E-state index contributed by atoms with van der Waals surface area (Å²) >= 11 is 3.31. The Balaban J connectivity index is 3.39. The number of benzene rings is 1.